The highest BCUT2D eigenvalue weighted by Gasteiger charge is 2.23. The molecule has 22 heavy (non-hydrogen) atoms. The number of hydrogen-bond donors (Lipinski definition) is 2. The van der Waals surface area contributed by atoms with Crippen LogP contribution in [0.1, 0.15) is 13.3 Å². The van der Waals surface area contributed by atoms with E-state index in [4.69, 9.17) is 0 Å². The number of nitrogens with one attached hydrogen (secondary N) is 2. The SMILES string of the molecule is CCN(C)CCNC(=NC)NC1CCN(c2ccccc2)C1. The van der Waals surface area contributed by atoms with Crippen LogP contribution in [0.25, 0.3) is 0 Å². The Hall–Kier alpha value is -1.75. The number of hydrogen-bond acceptors (Lipinski definition) is 3. The van der Waals surface area contributed by atoms with Crippen LogP contribution in [0.15, 0.2) is 35.3 Å². The molecule has 0 aliphatic carbocycles. The van der Waals surface area contributed by atoms with E-state index in [1.54, 1.807) is 0 Å². The Morgan fingerprint density at radius 3 is 2.82 bits per heavy atom. The molecule has 1 aromatic rings. The van der Waals surface area contributed by atoms with Gasteiger partial charge in [0.2, 0.25) is 0 Å². The fourth-order valence-electron chi connectivity index (χ4n) is 2.66. The highest BCUT2D eigenvalue weighted by Crippen LogP contribution is 2.19. The highest BCUT2D eigenvalue weighted by atomic mass is 15.2. The second-order valence-electron chi connectivity index (χ2n) is 5.81. The lowest BCUT2D eigenvalue weighted by atomic mass is 10.3. The van der Waals surface area contributed by atoms with Crippen molar-refractivity contribution in [2.24, 2.45) is 4.99 Å². The number of guanidine groups is 1. The van der Waals surface area contributed by atoms with E-state index in [0.29, 0.717) is 6.04 Å². The summed E-state index contributed by atoms with van der Waals surface area (Å²) in [7, 11) is 3.97. The summed E-state index contributed by atoms with van der Waals surface area (Å²) in [5.74, 6) is 0.907. The minimum absolute atomic E-state index is 0.454. The van der Waals surface area contributed by atoms with Crippen LogP contribution in [0.3, 0.4) is 0 Å². The molecule has 0 saturated carbocycles. The Morgan fingerprint density at radius 2 is 2.14 bits per heavy atom. The third-order valence-corrected chi connectivity index (χ3v) is 4.20. The maximum Gasteiger partial charge on any atom is 0.191 e. The monoisotopic (exact) mass is 303 g/mol. The first kappa shape index (κ1) is 16.6. The fraction of sp³-hybridized carbons (Fsp3) is 0.588. The average Bonchev–Trinajstić information content (AvgIpc) is 3.03. The zero-order valence-corrected chi connectivity index (χ0v) is 14.0. The summed E-state index contributed by atoms with van der Waals surface area (Å²) in [6, 6.07) is 11.1. The van der Waals surface area contributed by atoms with E-state index in [1.165, 1.54) is 5.69 Å². The Kier molecular flexibility index (Phi) is 6.52. The van der Waals surface area contributed by atoms with E-state index < -0.39 is 0 Å². The summed E-state index contributed by atoms with van der Waals surface area (Å²) < 4.78 is 0. The number of rotatable bonds is 6. The van der Waals surface area contributed by atoms with E-state index in [1.807, 2.05) is 7.05 Å². The molecule has 1 unspecified atom stereocenters. The summed E-state index contributed by atoms with van der Waals surface area (Å²) in [6.07, 6.45) is 1.14. The van der Waals surface area contributed by atoms with Crippen LogP contribution in [0, 0.1) is 0 Å². The van der Waals surface area contributed by atoms with Crippen LogP contribution >= 0.6 is 0 Å². The van der Waals surface area contributed by atoms with Crippen LogP contribution in [-0.2, 0) is 0 Å². The molecule has 0 aromatic heterocycles. The summed E-state index contributed by atoms with van der Waals surface area (Å²) in [4.78, 5) is 9.04. The first-order chi connectivity index (χ1) is 10.7. The van der Waals surface area contributed by atoms with Gasteiger partial charge in [-0.2, -0.15) is 0 Å². The van der Waals surface area contributed by atoms with Crippen LogP contribution in [0.2, 0.25) is 0 Å². The fourth-order valence-corrected chi connectivity index (χ4v) is 2.66. The van der Waals surface area contributed by atoms with Crippen LogP contribution in [0.5, 0.6) is 0 Å². The molecule has 1 aliphatic rings. The number of benzene rings is 1. The van der Waals surface area contributed by atoms with Crippen molar-refractivity contribution in [1.29, 1.82) is 0 Å². The van der Waals surface area contributed by atoms with E-state index in [0.717, 1.165) is 45.1 Å². The van der Waals surface area contributed by atoms with Gasteiger partial charge in [0.15, 0.2) is 5.96 Å². The van der Waals surface area contributed by atoms with Crippen molar-refractivity contribution in [3.8, 4) is 0 Å². The lowest BCUT2D eigenvalue weighted by Gasteiger charge is -2.21. The number of anilines is 1. The normalized spacial score (nSPS) is 18.8. The van der Waals surface area contributed by atoms with Gasteiger partial charge in [-0.1, -0.05) is 25.1 Å². The van der Waals surface area contributed by atoms with Gasteiger partial charge in [0, 0.05) is 45.0 Å². The number of aliphatic imine (C=N–C) groups is 1. The van der Waals surface area contributed by atoms with Gasteiger partial charge in [-0.05, 0) is 32.1 Å². The minimum atomic E-state index is 0.454. The summed E-state index contributed by atoms with van der Waals surface area (Å²) in [5, 5.41) is 6.93. The second kappa shape index (κ2) is 8.63. The van der Waals surface area contributed by atoms with Crippen LogP contribution < -0.4 is 15.5 Å². The third-order valence-electron chi connectivity index (χ3n) is 4.20. The molecule has 1 aliphatic heterocycles. The number of para-hydroxylation sites is 1. The molecule has 5 heteroatoms. The lowest BCUT2D eigenvalue weighted by Crippen LogP contribution is -2.46. The van der Waals surface area contributed by atoms with Gasteiger partial charge in [-0.15, -0.1) is 0 Å². The Balaban J connectivity index is 1.76. The van der Waals surface area contributed by atoms with Crippen molar-refractivity contribution >= 4 is 11.6 Å². The van der Waals surface area contributed by atoms with Crippen molar-refractivity contribution in [2.45, 2.75) is 19.4 Å². The molecule has 1 aromatic carbocycles. The summed E-state index contributed by atoms with van der Waals surface area (Å²) in [5.41, 5.74) is 1.30. The Bertz CT molecular complexity index is 459. The Labute approximate surface area is 134 Å². The van der Waals surface area contributed by atoms with Crippen LogP contribution in [0.4, 0.5) is 5.69 Å². The van der Waals surface area contributed by atoms with E-state index in [2.05, 4.69) is 69.7 Å². The Morgan fingerprint density at radius 1 is 1.36 bits per heavy atom. The van der Waals surface area contributed by atoms with Crippen molar-refractivity contribution in [1.82, 2.24) is 15.5 Å². The summed E-state index contributed by atoms with van der Waals surface area (Å²) in [6.45, 7) is 7.31. The first-order valence-corrected chi connectivity index (χ1v) is 8.18. The largest absolute Gasteiger partial charge is 0.369 e. The van der Waals surface area contributed by atoms with E-state index in [9.17, 15) is 0 Å². The minimum Gasteiger partial charge on any atom is -0.369 e. The molecular formula is C17H29N5. The van der Waals surface area contributed by atoms with Crippen LogP contribution in [-0.4, -0.2) is 63.7 Å². The highest BCUT2D eigenvalue weighted by molar-refractivity contribution is 5.80. The van der Waals surface area contributed by atoms with E-state index >= 15 is 0 Å². The molecule has 5 nitrogen and oxygen atoms in total. The molecule has 122 valence electrons. The van der Waals surface area contributed by atoms with Gasteiger partial charge in [-0.3, -0.25) is 4.99 Å². The molecule has 1 saturated heterocycles. The molecule has 0 bridgehead atoms. The maximum absolute atomic E-state index is 4.33. The van der Waals surface area contributed by atoms with Gasteiger partial charge in [0.1, 0.15) is 0 Å². The third kappa shape index (κ3) is 4.91. The predicted molar refractivity (Wildman–Crippen MR) is 94.7 cm³/mol. The molecule has 0 amide bonds. The number of likely N-dealkylation sites (N-methyl/N-ethyl adjacent to an activating group) is 1. The van der Waals surface area contributed by atoms with E-state index in [-0.39, 0.29) is 0 Å². The second-order valence-corrected chi connectivity index (χ2v) is 5.81. The van der Waals surface area contributed by atoms with Crippen molar-refractivity contribution in [3.05, 3.63) is 30.3 Å². The lowest BCUT2D eigenvalue weighted by molar-refractivity contribution is 0.357. The van der Waals surface area contributed by atoms with Gasteiger partial charge < -0.3 is 20.4 Å². The molecule has 2 rings (SSSR count). The molecule has 1 fully saturated rings. The zero-order chi connectivity index (χ0) is 15.8. The maximum atomic E-state index is 4.33. The van der Waals surface area contributed by atoms with Crippen molar-refractivity contribution in [3.63, 3.8) is 0 Å². The smallest absolute Gasteiger partial charge is 0.191 e. The van der Waals surface area contributed by atoms with Gasteiger partial charge >= 0.3 is 0 Å². The van der Waals surface area contributed by atoms with Gasteiger partial charge in [-0.25, -0.2) is 0 Å². The molecule has 1 heterocycles. The molecule has 2 N–H and O–H groups in total. The van der Waals surface area contributed by atoms with Gasteiger partial charge in [0.25, 0.3) is 0 Å². The van der Waals surface area contributed by atoms with Gasteiger partial charge in [0.05, 0.1) is 0 Å². The molecule has 0 spiro atoms. The van der Waals surface area contributed by atoms with Crippen molar-refractivity contribution in [2.75, 3.05) is 51.7 Å². The quantitative estimate of drug-likeness (QED) is 0.615. The zero-order valence-electron chi connectivity index (χ0n) is 14.0. The molecular weight excluding hydrogens is 274 g/mol. The molecule has 1 atom stereocenters. The summed E-state index contributed by atoms with van der Waals surface area (Å²) >= 11 is 0. The first-order valence-electron chi connectivity index (χ1n) is 8.18. The average molecular weight is 303 g/mol. The topological polar surface area (TPSA) is 42.9 Å². The predicted octanol–water partition coefficient (Wildman–Crippen LogP) is 1.38. The standard InChI is InChI=1S/C17H29N5/c1-4-21(3)13-11-19-17(18-2)20-15-10-12-22(14-15)16-8-6-5-7-9-16/h5-9,15H,4,10-14H2,1-3H3,(H2,18,19,20). The number of nitrogens with zero attached hydrogens (tertiary/aromatic N) is 3. The molecule has 0 radical (unpaired) electrons. The van der Waals surface area contributed by atoms with Crippen molar-refractivity contribution < 1.29 is 0 Å².